The molecule has 0 radical (unpaired) electrons. The highest BCUT2D eigenvalue weighted by atomic mass is 19.1. The monoisotopic (exact) mass is 684 g/mol. The molecule has 3 aromatic carbocycles. The topological polar surface area (TPSA) is 168 Å². The number of carboxylic acid groups (broad SMARTS) is 1. The van der Waals surface area contributed by atoms with E-state index in [0.29, 0.717) is 6.42 Å². The number of halogens is 1. The standard InChI is InChI=1S/C34H37FN2O12/c1-43-18-48-30-21(8-6-9-24(30)44-2)32(39)36-22-17-37(34(41)42)15-7-10-23(22)49-33(40)20-13-11-19(12-14-20)29(38)27-25(45-3)16-26(46-4)31(47-5)28(27)35/h6,8-9,11-14,16,22-23H,7,10,15,17-18H2,1-5H3,(H,36,39)(H,41,42)/t22-,23-/m1/s1. The minimum Gasteiger partial charge on any atom is -0.496 e. The van der Waals surface area contributed by atoms with Gasteiger partial charge in [-0.05, 0) is 37.1 Å². The van der Waals surface area contributed by atoms with Crippen molar-refractivity contribution in [2.75, 3.05) is 55.4 Å². The zero-order chi connectivity index (χ0) is 35.7. The van der Waals surface area contributed by atoms with E-state index in [1.807, 2.05) is 0 Å². The number of esters is 1. The summed E-state index contributed by atoms with van der Waals surface area (Å²) in [7, 11) is 6.66. The van der Waals surface area contributed by atoms with Crippen LogP contribution in [0.5, 0.6) is 28.7 Å². The molecule has 1 aliphatic heterocycles. The van der Waals surface area contributed by atoms with E-state index in [4.69, 9.17) is 33.2 Å². The number of benzene rings is 3. The van der Waals surface area contributed by atoms with Crippen molar-refractivity contribution < 1.29 is 61.8 Å². The zero-order valence-electron chi connectivity index (χ0n) is 27.6. The number of nitrogens with zero attached hydrogens (tertiary/aromatic N) is 1. The van der Waals surface area contributed by atoms with Gasteiger partial charge >= 0.3 is 12.1 Å². The van der Waals surface area contributed by atoms with Crippen molar-refractivity contribution >= 4 is 23.8 Å². The van der Waals surface area contributed by atoms with Crippen molar-refractivity contribution in [1.29, 1.82) is 0 Å². The quantitative estimate of drug-likeness (QED) is 0.150. The second kappa shape index (κ2) is 16.5. The van der Waals surface area contributed by atoms with Crippen molar-refractivity contribution in [3.05, 3.63) is 76.6 Å². The molecule has 3 aromatic rings. The molecule has 1 aliphatic rings. The third-order valence-electron chi connectivity index (χ3n) is 7.80. The summed E-state index contributed by atoms with van der Waals surface area (Å²) in [6.07, 6.45) is -1.54. The maximum atomic E-state index is 15.4. The molecular formula is C34H37FN2O12. The summed E-state index contributed by atoms with van der Waals surface area (Å²) < 4.78 is 52.5. The van der Waals surface area contributed by atoms with E-state index in [1.165, 1.54) is 71.9 Å². The molecule has 1 heterocycles. The van der Waals surface area contributed by atoms with Crippen molar-refractivity contribution in [3.8, 4) is 28.7 Å². The smallest absolute Gasteiger partial charge is 0.407 e. The summed E-state index contributed by atoms with van der Waals surface area (Å²) >= 11 is 0. The molecule has 0 spiro atoms. The highest BCUT2D eigenvalue weighted by Crippen LogP contribution is 2.39. The Labute approximate surface area is 281 Å². The molecule has 14 nitrogen and oxygen atoms in total. The number of nitrogens with one attached hydrogen (secondary N) is 1. The molecule has 0 unspecified atom stereocenters. The number of ketones is 1. The number of carbonyl (C=O) groups is 4. The number of amides is 2. The fraction of sp³-hybridized carbons (Fsp3) is 0.353. The van der Waals surface area contributed by atoms with Gasteiger partial charge < -0.3 is 48.5 Å². The van der Waals surface area contributed by atoms with Gasteiger partial charge in [0.1, 0.15) is 17.4 Å². The Morgan fingerprint density at radius 2 is 1.55 bits per heavy atom. The lowest BCUT2D eigenvalue weighted by atomic mass is 9.99. The van der Waals surface area contributed by atoms with Gasteiger partial charge in [-0.15, -0.1) is 0 Å². The molecule has 2 N–H and O–H groups in total. The molecule has 1 fully saturated rings. The number of ether oxygens (including phenoxy) is 7. The van der Waals surface area contributed by atoms with Crippen LogP contribution in [0.2, 0.25) is 0 Å². The van der Waals surface area contributed by atoms with Gasteiger partial charge in [0.2, 0.25) is 0 Å². The van der Waals surface area contributed by atoms with Crippen LogP contribution in [0.1, 0.15) is 49.5 Å². The molecule has 0 aliphatic carbocycles. The van der Waals surface area contributed by atoms with Gasteiger partial charge in [-0.2, -0.15) is 0 Å². The minimum atomic E-state index is -1.19. The van der Waals surface area contributed by atoms with Crippen molar-refractivity contribution in [2.24, 2.45) is 0 Å². The molecule has 15 heteroatoms. The van der Waals surface area contributed by atoms with Crippen LogP contribution in [0.15, 0.2) is 48.5 Å². The van der Waals surface area contributed by atoms with Crippen LogP contribution in [-0.2, 0) is 9.47 Å². The highest BCUT2D eigenvalue weighted by molar-refractivity contribution is 6.11. The Kier molecular flexibility index (Phi) is 12.2. The number of methoxy groups -OCH3 is 5. The lowest BCUT2D eigenvalue weighted by molar-refractivity contribution is 0.0177. The zero-order valence-corrected chi connectivity index (χ0v) is 27.6. The van der Waals surface area contributed by atoms with Crippen LogP contribution in [0, 0.1) is 5.82 Å². The lowest BCUT2D eigenvalue weighted by Gasteiger charge is -2.28. The highest BCUT2D eigenvalue weighted by Gasteiger charge is 2.34. The predicted molar refractivity (Wildman–Crippen MR) is 171 cm³/mol. The third kappa shape index (κ3) is 8.12. The summed E-state index contributed by atoms with van der Waals surface area (Å²) in [5, 5.41) is 12.5. The minimum absolute atomic E-state index is 0.0364. The average Bonchev–Trinajstić information content (AvgIpc) is 3.31. The Balaban J connectivity index is 1.57. The maximum absolute atomic E-state index is 15.4. The van der Waals surface area contributed by atoms with E-state index in [9.17, 15) is 24.3 Å². The van der Waals surface area contributed by atoms with Crippen LogP contribution in [0.25, 0.3) is 0 Å². The van der Waals surface area contributed by atoms with Crippen molar-refractivity contribution in [1.82, 2.24) is 10.2 Å². The fourth-order valence-electron chi connectivity index (χ4n) is 5.36. The first-order chi connectivity index (χ1) is 23.6. The van der Waals surface area contributed by atoms with Crippen LogP contribution < -0.4 is 29.0 Å². The number of rotatable bonds is 13. The van der Waals surface area contributed by atoms with E-state index in [0.717, 1.165) is 4.90 Å². The van der Waals surface area contributed by atoms with Gasteiger partial charge in [0, 0.05) is 31.8 Å². The largest absolute Gasteiger partial charge is 0.496 e. The molecule has 262 valence electrons. The predicted octanol–water partition coefficient (Wildman–Crippen LogP) is 4.17. The third-order valence-corrected chi connectivity index (χ3v) is 7.80. The molecule has 0 saturated carbocycles. The van der Waals surface area contributed by atoms with E-state index in [-0.39, 0.29) is 77.3 Å². The molecule has 49 heavy (non-hydrogen) atoms. The average molecular weight is 685 g/mol. The van der Waals surface area contributed by atoms with E-state index < -0.39 is 41.7 Å². The van der Waals surface area contributed by atoms with E-state index in [2.05, 4.69) is 5.32 Å². The Morgan fingerprint density at radius 1 is 0.878 bits per heavy atom. The SMILES string of the molecule is COCOc1c(OC)cccc1C(=O)N[C@@H]1CN(C(=O)O)CCC[C@H]1OC(=O)c1ccc(C(=O)c2c(OC)cc(OC)c(OC)c2F)cc1. The van der Waals surface area contributed by atoms with Crippen LogP contribution >= 0.6 is 0 Å². The second-order valence-corrected chi connectivity index (χ2v) is 10.7. The summed E-state index contributed by atoms with van der Waals surface area (Å²) in [6, 6.07) is 10.4. The summed E-state index contributed by atoms with van der Waals surface area (Å²) in [4.78, 5) is 53.3. The maximum Gasteiger partial charge on any atom is 0.407 e. The van der Waals surface area contributed by atoms with Crippen LogP contribution in [0.4, 0.5) is 9.18 Å². The van der Waals surface area contributed by atoms with E-state index >= 15 is 4.39 Å². The first kappa shape index (κ1) is 36.3. The van der Waals surface area contributed by atoms with Crippen LogP contribution in [-0.4, -0.2) is 101 Å². The number of hydrogen-bond acceptors (Lipinski definition) is 11. The molecule has 2 amide bonds. The van der Waals surface area contributed by atoms with Gasteiger partial charge in [0.25, 0.3) is 5.91 Å². The molecule has 1 saturated heterocycles. The normalized spacial score (nSPS) is 15.8. The Morgan fingerprint density at radius 3 is 2.16 bits per heavy atom. The summed E-state index contributed by atoms with van der Waals surface area (Å²) in [5.41, 5.74) is -0.191. The summed E-state index contributed by atoms with van der Waals surface area (Å²) in [5.74, 6) is -3.05. The Hall–Kier alpha value is -5.57. The Bertz CT molecular complexity index is 1680. The molecule has 4 rings (SSSR count). The molecule has 2 atom stereocenters. The first-order valence-electron chi connectivity index (χ1n) is 15.0. The number of hydrogen-bond donors (Lipinski definition) is 2. The van der Waals surface area contributed by atoms with E-state index in [1.54, 1.807) is 12.1 Å². The first-order valence-corrected chi connectivity index (χ1v) is 15.0. The molecular weight excluding hydrogens is 647 g/mol. The van der Waals surface area contributed by atoms with Gasteiger partial charge in [0.05, 0.1) is 45.6 Å². The molecule has 0 bridgehead atoms. The van der Waals surface area contributed by atoms with Crippen molar-refractivity contribution in [2.45, 2.75) is 25.0 Å². The van der Waals surface area contributed by atoms with Gasteiger partial charge in [-0.3, -0.25) is 9.59 Å². The van der Waals surface area contributed by atoms with Gasteiger partial charge in [0.15, 0.2) is 41.4 Å². The van der Waals surface area contributed by atoms with Crippen LogP contribution in [0.3, 0.4) is 0 Å². The number of carbonyl (C=O) groups excluding carboxylic acids is 3. The van der Waals surface area contributed by atoms with Gasteiger partial charge in [-0.1, -0.05) is 18.2 Å². The lowest BCUT2D eigenvalue weighted by Crippen LogP contribution is -2.51. The summed E-state index contributed by atoms with van der Waals surface area (Å²) in [6.45, 7) is -0.175. The second-order valence-electron chi connectivity index (χ2n) is 10.7. The van der Waals surface area contributed by atoms with Crippen molar-refractivity contribution in [3.63, 3.8) is 0 Å². The number of para-hydroxylation sites is 1. The number of likely N-dealkylation sites (tertiary alicyclic amines) is 1. The molecule has 0 aromatic heterocycles. The fourth-order valence-corrected chi connectivity index (χ4v) is 5.36. The van der Waals surface area contributed by atoms with Gasteiger partial charge in [-0.25, -0.2) is 14.0 Å².